The number of carboxylic acid groups (broad SMARTS) is 1. The number of carboxylic acids is 1. The zero-order chi connectivity index (χ0) is 20.4. The number of amides is 1. The third-order valence-corrected chi connectivity index (χ3v) is 6.08. The third kappa shape index (κ3) is 3.98. The van der Waals surface area contributed by atoms with Crippen molar-refractivity contribution in [3.05, 3.63) is 59.7 Å². The van der Waals surface area contributed by atoms with E-state index < -0.39 is 18.1 Å². The van der Waals surface area contributed by atoms with Gasteiger partial charge in [-0.1, -0.05) is 48.5 Å². The van der Waals surface area contributed by atoms with Crippen molar-refractivity contribution in [2.24, 2.45) is 5.92 Å². The van der Waals surface area contributed by atoms with Gasteiger partial charge in [0.05, 0.1) is 12.5 Å². The van der Waals surface area contributed by atoms with Gasteiger partial charge in [0, 0.05) is 19.1 Å². The zero-order valence-electron chi connectivity index (χ0n) is 16.3. The minimum Gasteiger partial charge on any atom is -0.481 e. The number of hydrogen-bond acceptors (Lipinski definition) is 4. The van der Waals surface area contributed by atoms with Crippen molar-refractivity contribution < 1.29 is 24.2 Å². The van der Waals surface area contributed by atoms with E-state index in [0.717, 1.165) is 24.0 Å². The molecule has 152 valence electrons. The molecule has 29 heavy (non-hydrogen) atoms. The van der Waals surface area contributed by atoms with Crippen LogP contribution in [0.25, 0.3) is 11.1 Å². The van der Waals surface area contributed by atoms with Crippen LogP contribution in [-0.2, 0) is 14.3 Å². The van der Waals surface area contributed by atoms with E-state index in [9.17, 15) is 14.7 Å². The zero-order valence-corrected chi connectivity index (χ0v) is 16.3. The van der Waals surface area contributed by atoms with Gasteiger partial charge in [-0.2, -0.15) is 0 Å². The van der Waals surface area contributed by atoms with Gasteiger partial charge in [0.1, 0.15) is 6.61 Å². The van der Waals surface area contributed by atoms with Gasteiger partial charge in [0.15, 0.2) is 0 Å². The highest BCUT2D eigenvalue weighted by Crippen LogP contribution is 2.44. The number of aliphatic carboxylic acids is 1. The molecule has 0 heterocycles. The van der Waals surface area contributed by atoms with E-state index in [0.29, 0.717) is 0 Å². The van der Waals surface area contributed by atoms with Crippen LogP contribution in [0.5, 0.6) is 0 Å². The maximum Gasteiger partial charge on any atom is 0.407 e. The van der Waals surface area contributed by atoms with Crippen molar-refractivity contribution in [2.75, 3.05) is 13.7 Å². The van der Waals surface area contributed by atoms with Gasteiger partial charge >= 0.3 is 12.1 Å². The molecule has 4 rings (SSSR count). The normalized spacial score (nSPS) is 20.9. The molecule has 2 aliphatic rings. The highest BCUT2D eigenvalue weighted by molar-refractivity contribution is 5.79. The van der Waals surface area contributed by atoms with E-state index in [1.165, 1.54) is 11.1 Å². The summed E-state index contributed by atoms with van der Waals surface area (Å²) in [6, 6.07) is 15.8. The Morgan fingerprint density at radius 3 is 2.21 bits per heavy atom. The molecule has 0 radical (unpaired) electrons. The Hall–Kier alpha value is -2.86. The number of alkyl carbamates (subject to hydrolysis) is 1. The molecule has 2 aromatic rings. The molecule has 6 nitrogen and oxygen atoms in total. The summed E-state index contributed by atoms with van der Waals surface area (Å²) in [5, 5.41) is 12.0. The number of carbonyl (C=O) groups excluding carboxylic acids is 1. The van der Waals surface area contributed by atoms with Crippen LogP contribution >= 0.6 is 0 Å². The van der Waals surface area contributed by atoms with Crippen LogP contribution in [-0.4, -0.2) is 43.0 Å². The second kappa shape index (κ2) is 8.25. The van der Waals surface area contributed by atoms with Crippen LogP contribution in [0, 0.1) is 5.92 Å². The number of carbonyl (C=O) groups is 2. The lowest BCUT2D eigenvalue weighted by Gasteiger charge is -2.39. The Morgan fingerprint density at radius 1 is 1.07 bits per heavy atom. The predicted octanol–water partition coefficient (Wildman–Crippen LogP) is 3.79. The topological polar surface area (TPSA) is 84.9 Å². The van der Waals surface area contributed by atoms with Crippen molar-refractivity contribution in [1.29, 1.82) is 0 Å². The number of ether oxygens (including phenoxy) is 2. The Labute approximate surface area is 169 Å². The van der Waals surface area contributed by atoms with Gasteiger partial charge in [-0.15, -0.1) is 0 Å². The smallest absolute Gasteiger partial charge is 0.407 e. The van der Waals surface area contributed by atoms with Gasteiger partial charge in [-0.25, -0.2) is 4.79 Å². The highest BCUT2D eigenvalue weighted by atomic mass is 16.5. The molecule has 0 spiro atoms. The van der Waals surface area contributed by atoms with Crippen molar-refractivity contribution in [3.8, 4) is 11.1 Å². The Balaban J connectivity index is 1.41. The van der Waals surface area contributed by atoms with Gasteiger partial charge < -0.3 is 19.9 Å². The lowest BCUT2D eigenvalue weighted by molar-refractivity contribution is -0.138. The molecule has 1 unspecified atom stereocenters. The summed E-state index contributed by atoms with van der Waals surface area (Å²) >= 11 is 0. The van der Waals surface area contributed by atoms with Crippen LogP contribution in [0.4, 0.5) is 4.79 Å². The fourth-order valence-corrected chi connectivity index (χ4v) is 4.44. The molecule has 0 aliphatic heterocycles. The number of fused-ring (bicyclic) bond motifs is 3. The molecule has 1 fully saturated rings. The second-order valence-electron chi connectivity index (χ2n) is 7.76. The quantitative estimate of drug-likeness (QED) is 0.745. The molecule has 0 aromatic heterocycles. The fourth-order valence-electron chi connectivity index (χ4n) is 4.44. The first-order valence-electron chi connectivity index (χ1n) is 9.93. The van der Waals surface area contributed by atoms with E-state index in [-0.39, 0.29) is 31.0 Å². The number of benzene rings is 2. The van der Waals surface area contributed by atoms with Crippen molar-refractivity contribution in [3.63, 3.8) is 0 Å². The molecular formula is C23H25NO5. The molecule has 1 amide bonds. The lowest BCUT2D eigenvalue weighted by atomic mass is 9.76. The van der Waals surface area contributed by atoms with E-state index in [2.05, 4.69) is 29.6 Å². The van der Waals surface area contributed by atoms with E-state index in [1.54, 1.807) is 7.11 Å². The fraction of sp³-hybridized carbons (Fsp3) is 0.391. The van der Waals surface area contributed by atoms with Crippen LogP contribution < -0.4 is 5.32 Å². The maximum absolute atomic E-state index is 12.5. The minimum absolute atomic E-state index is 0.0207. The second-order valence-corrected chi connectivity index (χ2v) is 7.76. The summed E-state index contributed by atoms with van der Waals surface area (Å²) in [5.41, 5.74) is 4.62. The first-order valence-corrected chi connectivity index (χ1v) is 9.93. The first kappa shape index (κ1) is 19.5. The number of nitrogens with one attached hydrogen (secondary N) is 1. The van der Waals surface area contributed by atoms with E-state index in [4.69, 9.17) is 9.47 Å². The molecule has 1 atom stereocenters. The molecule has 2 aliphatic carbocycles. The maximum atomic E-state index is 12.5. The van der Waals surface area contributed by atoms with Crippen LogP contribution in [0.1, 0.15) is 36.3 Å². The Kier molecular flexibility index (Phi) is 5.53. The van der Waals surface area contributed by atoms with Gasteiger partial charge in [0.2, 0.25) is 0 Å². The highest BCUT2D eigenvalue weighted by Gasteiger charge is 2.37. The van der Waals surface area contributed by atoms with Gasteiger partial charge in [-0.3, -0.25) is 4.79 Å². The van der Waals surface area contributed by atoms with E-state index in [1.807, 2.05) is 24.3 Å². The number of rotatable bonds is 7. The predicted molar refractivity (Wildman–Crippen MR) is 108 cm³/mol. The monoisotopic (exact) mass is 395 g/mol. The molecule has 6 heteroatoms. The molecule has 0 bridgehead atoms. The van der Waals surface area contributed by atoms with E-state index >= 15 is 0 Å². The van der Waals surface area contributed by atoms with Crippen molar-refractivity contribution in [1.82, 2.24) is 5.32 Å². The van der Waals surface area contributed by atoms with Crippen molar-refractivity contribution in [2.45, 2.75) is 37.3 Å². The summed E-state index contributed by atoms with van der Waals surface area (Å²) in [4.78, 5) is 23.7. The summed E-state index contributed by atoms with van der Waals surface area (Å²) in [6.07, 6.45) is 0.946. The largest absolute Gasteiger partial charge is 0.481 e. The van der Waals surface area contributed by atoms with Crippen LogP contribution in [0.2, 0.25) is 0 Å². The van der Waals surface area contributed by atoms with Crippen LogP contribution in [0.3, 0.4) is 0 Å². The lowest BCUT2D eigenvalue weighted by Crippen LogP contribution is -2.48. The standard InChI is InChI=1S/C23H25NO5/c1-28-15-10-14(11-15)21(12-22(25)26)24-23(27)29-13-20-18-8-4-2-6-16(18)17-7-3-5-9-19(17)20/h2-9,14-15,20-21H,10-13H2,1H3,(H,24,27)(H,25,26). The first-order chi connectivity index (χ1) is 14.1. The summed E-state index contributed by atoms with van der Waals surface area (Å²) in [6.45, 7) is 0.213. The summed E-state index contributed by atoms with van der Waals surface area (Å²) in [5.74, 6) is -0.862. The molecule has 1 saturated carbocycles. The Bertz CT molecular complexity index is 860. The molecular weight excluding hydrogens is 370 g/mol. The Morgan fingerprint density at radius 2 is 1.66 bits per heavy atom. The summed E-state index contributed by atoms with van der Waals surface area (Å²) in [7, 11) is 1.64. The summed E-state index contributed by atoms with van der Waals surface area (Å²) < 4.78 is 10.8. The molecule has 2 N–H and O–H groups in total. The van der Waals surface area contributed by atoms with Gasteiger partial charge in [-0.05, 0) is 41.0 Å². The molecule has 2 aromatic carbocycles. The average molecular weight is 395 g/mol. The van der Waals surface area contributed by atoms with Gasteiger partial charge in [0.25, 0.3) is 0 Å². The molecule has 0 saturated heterocycles. The van der Waals surface area contributed by atoms with Crippen LogP contribution in [0.15, 0.2) is 48.5 Å². The third-order valence-electron chi connectivity index (χ3n) is 6.08. The number of methoxy groups -OCH3 is 1. The number of hydrogen-bond donors (Lipinski definition) is 2. The van der Waals surface area contributed by atoms with Crippen molar-refractivity contribution >= 4 is 12.1 Å². The average Bonchev–Trinajstić information content (AvgIpc) is 2.99. The SMILES string of the molecule is COC1CC(C(CC(=O)O)NC(=O)OCC2c3ccccc3-c3ccccc32)C1. The minimum atomic E-state index is -0.935.